The second kappa shape index (κ2) is 9.78. The van der Waals surface area contributed by atoms with E-state index in [4.69, 9.17) is 9.84 Å². The Labute approximate surface area is 218 Å². The van der Waals surface area contributed by atoms with E-state index < -0.39 is 0 Å². The van der Waals surface area contributed by atoms with Crippen molar-refractivity contribution in [3.05, 3.63) is 108 Å². The third kappa shape index (κ3) is 4.13. The molecule has 3 heterocycles. The van der Waals surface area contributed by atoms with E-state index in [2.05, 4.69) is 10.3 Å². The molecule has 0 fully saturated rings. The van der Waals surface area contributed by atoms with Crippen LogP contribution >= 0.6 is 0 Å². The SMILES string of the molecule is COc1ccc(-n2nc(Cn3ccnn3)c3c2C(=O)N(c2ccc(-c4ccccc4C=O)cc2)CC3)cc1. The fourth-order valence-corrected chi connectivity index (χ4v) is 4.87. The maximum Gasteiger partial charge on any atom is 0.277 e. The van der Waals surface area contributed by atoms with Gasteiger partial charge < -0.3 is 9.64 Å². The number of benzene rings is 3. The number of methoxy groups -OCH3 is 1. The highest BCUT2D eigenvalue weighted by Crippen LogP contribution is 2.31. The summed E-state index contributed by atoms with van der Waals surface area (Å²) in [4.78, 5) is 27.2. The van der Waals surface area contributed by atoms with Gasteiger partial charge in [-0.15, -0.1) is 5.10 Å². The zero-order chi connectivity index (χ0) is 26.1. The van der Waals surface area contributed by atoms with Gasteiger partial charge in [-0.05, 0) is 53.9 Å². The maximum absolute atomic E-state index is 14.0. The predicted molar refractivity (Wildman–Crippen MR) is 142 cm³/mol. The molecule has 1 amide bonds. The van der Waals surface area contributed by atoms with Gasteiger partial charge in [-0.25, -0.2) is 9.36 Å². The Hall–Kier alpha value is -5.05. The number of carbonyl (C=O) groups is 2. The lowest BCUT2D eigenvalue weighted by atomic mass is 9.99. The maximum atomic E-state index is 14.0. The summed E-state index contributed by atoms with van der Waals surface area (Å²) >= 11 is 0. The summed E-state index contributed by atoms with van der Waals surface area (Å²) in [5, 5.41) is 12.8. The van der Waals surface area contributed by atoms with Gasteiger partial charge in [-0.2, -0.15) is 5.10 Å². The quantitative estimate of drug-likeness (QED) is 0.308. The minimum absolute atomic E-state index is 0.125. The molecule has 188 valence electrons. The van der Waals surface area contributed by atoms with Crippen molar-refractivity contribution in [3.63, 3.8) is 0 Å². The summed E-state index contributed by atoms with van der Waals surface area (Å²) in [6.45, 7) is 0.943. The van der Waals surface area contributed by atoms with Crippen molar-refractivity contribution in [2.75, 3.05) is 18.6 Å². The van der Waals surface area contributed by atoms with E-state index in [0.717, 1.165) is 45.8 Å². The van der Waals surface area contributed by atoms with E-state index in [9.17, 15) is 9.59 Å². The fraction of sp³-hybridized carbons (Fsp3) is 0.138. The molecular formula is C29H24N6O3. The number of fused-ring (bicyclic) bond motifs is 1. The zero-order valence-corrected chi connectivity index (χ0v) is 20.7. The van der Waals surface area contributed by atoms with Gasteiger partial charge in [-0.1, -0.05) is 41.6 Å². The van der Waals surface area contributed by atoms with Crippen LogP contribution in [-0.2, 0) is 13.0 Å². The lowest BCUT2D eigenvalue weighted by Gasteiger charge is -2.28. The Morgan fingerprint density at radius 2 is 1.74 bits per heavy atom. The minimum Gasteiger partial charge on any atom is -0.497 e. The molecule has 1 aliphatic heterocycles. The molecular weight excluding hydrogens is 480 g/mol. The number of aromatic nitrogens is 5. The molecule has 1 aliphatic rings. The van der Waals surface area contributed by atoms with Crippen molar-refractivity contribution >= 4 is 17.9 Å². The highest BCUT2D eigenvalue weighted by Gasteiger charge is 2.33. The normalized spacial score (nSPS) is 12.9. The molecule has 0 aliphatic carbocycles. The molecule has 6 rings (SSSR count). The van der Waals surface area contributed by atoms with Crippen molar-refractivity contribution in [2.45, 2.75) is 13.0 Å². The number of hydrogen-bond donors (Lipinski definition) is 0. The van der Waals surface area contributed by atoms with E-state index in [0.29, 0.717) is 30.8 Å². The van der Waals surface area contributed by atoms with Crippen LogP contribution in [-0.4, -0.2) is 50.6 Å². The third-order valence-corrected chi connectivity index (χ3v) is 6.78. The van der Waals surface area contributed by atoms with Crippen LogP contribution < -0.4 is 9.64 Å². The van der Waals surface area contributed by atoms with Gasteiger partial charge in [0.15, 0.2) is 6.29 Å². The van der Waals surface area contributed by atoms with Crippen molar-refractivity contribution in [1.29, 1.82) is 0 Å². The number of rotatable bonds is 7. The first-order chi connectivity index (χ1) is 18.7. The highest BCUT2D eigenvalue weighted by atomic mass is 16.5. The molecule has 3 aromatic carbocycles. The number of carbonyl (C=O) groups excluding carboxylic acids is 2. The van der Waals surface area contributed by atoms with Crippen LogP contribution in [0.5, 0.6) is 5.75 Å². The van der Waals surface area contributed by atoms with Crippen molar-refractivity contribution in [1.82, 2.24) is 24.8 Å². The third-order valence-electron chi connectivity index (χ3n) is 6.78. The molecule has 9 nitrogen and oxygen atoms in total. The summed E-state index contributed by atoms with van der Waals surface area (Å²) < 4.78 is 8.72. The summed E-state index contributed by atoms with van der Waals surface area (Å²) in [5.41, 5.74) is 6.19. The van der Waals surface area contributed by atoms with Crippen LogP contribution in [0.1, 0.15) is 32.1 Å². The Morgan fingerprint density at radius 1 is 0.974 bits per heavy atom. The summed E-state index contributed by atoms with van der Waals surface area (Å²) in [7, 11) is 1.62. The molecule has 0 spiro atoms. The van der Waals surface area contributed by atoms with E-state index in [-0.39, 0.29) is 5.91 Å². The molecule has 0 atom stereocenters. The average Bonchev–Trinajstić information content (AvgIpc) is 3.62. The standard InChI is InChI=1S/C29H24N6O3/c1-38-24-12-10-23(11-13-24)35-28-26(27(31-35)18-33-17-15-30-32-33)14-16-34(29(28)37)22-8-6-20(7-9-22)25-5-3-2-4-21(25)19-36/h2-13,15,17,19H,14,16,18H2,1H3. The van der Waals surface area contributed by atoms with Gasteiger partial charge in [0.1, 0.15) is 11.4 Å². The summed E-state index contributed by atoms with van der Waals surface area (Å²) in [6.07, 6.45) is 4.91. The number of ether oxygens (including phenoxy) is 1. The van der Waals surface area contributed by atoms with Crippen LogP contribution in [0.25, 0.3) is 16.8 Å². The number of amides is 1. The Kier molecular flexibility index (Phi) is 6.01. The first-order valence-electron chi connectivity index (χ1n) is 12.2. The van der Waals surface area contributed by atoms with Crippen LogP contribution in [0.2, 0.25) is 0 Å². The van der Waals surface area contributed by atoms with Gasteiger partial charge in [0.2, 0.25) is 0 Å². The molecule has 9 heteroatoms. The van der Waals surface area contributed by atoms with Crippen LogP contribution in [0.4, 0.5) is 5.69 Å². The molecule has 0 bridgehead atoms. The molecule has 0 saturated carbocycles. The molecule has 38 heavy (non-hydrogen) atoms. The predicted octanol–water partition coefficient (Wildman–Crippen LogP) is 4.20. The fourth-order valence-electron chi connectivity index (χ4n) is 4.87. The van der Waals surface area contributed by atoms with Crippen molar-refractivity contribution < 1.29 is 14.3 Å². The Balaban J connectivity index is 1.37. The van der Waals surface area contributed by atoms with Crippen molar-refractivity contribution in [2.24, 2.45) is 0 Å². The smallest absolute Gasteiger partial charge is 0.277 e. The van der Waals surface area contributed by atoms with Gasteiger partial charge in [0, 0.05) is 29.6 Å². The highest BCUT2D eigenvalue weighted by molar-refractivity contribution is 6.07. The Bertz CT molecular complexity index is 1610. The second-order valence-corrected chi connectivity index (χ2v) is 8.94. The van der Waals surface area contributed by atoms with Crippen LogP contribution in [0.15, 0.2) is 85.2 Å². The molecule has 0 N–H and O–H groups in total. The van der Waals surface area contributed by atoms with Crippen LogP contribution in [0.3, 0.4) is 0 Å². The van der Waals surface area contributed by atoms with Gasteiger partial charge >= 0.3 is 0 Å². The van der Waals surface area contributed by atoms with E-state index in [1.54, 1.807) is 39.8 Å². The monoisotopic (exact) mass is 504 g/mol. The van der Waals surface area contributed by atoms with Gasteiger partial charge in [0.05, 0.1) is 31.2 Å². The number of anilines is 1. The first kappa shape index (κ1) is 23.4. The zero-order valence-electron chi connectivity index (χ0n) is 20.7. The van der Waals surface area contributed by atoms with E-state index in [1.165, 1.54) is 0 Å². The lowest BCUT2D eigenvalue weighted by molar-refractivity contribution is 0.0972. The van der Waals surface area contributed by atoms with Crippen molar-refractivity contribution in [3.8, 4) is 22.6 Å². The summed E-state index contributed by atoms with van der Waals surface area (Å²) in [6, 6.07) is 22.7. The topological polar surface area (TPSA) is 95.1 Å². The minimum atomic E-state index is -0.125. The molecule has 0 unspecified atom stereocenters. The number of hydrogen-bond acceptors (Lipinski definition) is 6. The van der Waals surface area contributed by atoms with E-state index >= 15 is 0 Å². The number of aldehydes is 1. The Morgan fingerprint density at radius 3 is 2.45 bits per heavy atom. The van der Waals surface area contributed by atoms with Crippen LogP contribution in [0, 0.1) is 0 Å². The lowest BCUT2D eigenvalue weighted by Crippen LogP contribution is -2.38. The largest absolute Gasteiger partial charge is 0.497 e. The molecule has 0 radical (unpaired) electrons. The first-order valence-corrected chi connectivity index (χ1v) is 12.2. The second-order valence-electron chi connectivity index (χ2n) is 8.94. The average molecular weight is 505 g/mol. The molecule has 0 saturated heterocycles. The van der Waals surface area contributed by atoms with Gasteiger partial charge in [-0.3, -0.25) is 9.59 Å². The van der Waals surface area contributed by atoms with Gasteiger partial charge in [0.25, 0.3) is 5.91 Å². The number of nitrogens with zero attached hydrogens (tertiary/aromatic N) is 6. The molecule has 5 aromatic rings. The van der Waals surface area contributed by atoms with E-state index in [1.807, 2.05) is 66.7 Å². The summed E-state index contributed by atoms with van der Waals surface area (Å²) in [5.74, 6) is 0.599. The molecule has 2 aromatic heterocycles.